The van der Waals surface area contributed by atoms with Crippen molar-refractivity contribution in [3.63, 3.8) is 0 Å². The van der Waals surface area contributed by atoms with Crippen LogP contribution in [0.15, 0.2) is 23.4 Å². The third-order valence-electron chi connectivity index (χ3n) is 4.81. The van der Waals surface area contributed by atoms with Crippen LogP contribution in [0.2, 0.25) is 0 Å². The summed E-state index contributed by atoms with van der Waals surface area (Å²) in [5.41, 5.74) is 2.26. The average molecular weight is 426 g/mol. The number of methoxy groups -OCH3 is 1. The lowest BCUT2D eigenvalue weighted by atomic mass is 9.92. The highest BCUT2D eigenvalue weighted by molar-refractivity contribution is 5.95. The van der Waals surface area contributed by atoms with E-state index < -0.39 is 18.6 Å². The minimum Gasteiger partial charge on any atom is -0.460 e. The standard InChI is InChI=1S/C21H28F2N2O5/c1-11(2)25-14(5)16(19(26)29-8-7-28-6)17(24-21(25)27)15-9-12(3)18(13(4)10-15)30-20(22)23/h9-11,17,20H,7-8H2,1-6H3,(H,24,27)/t17-/m1/s1. The Balaban J connectivity index is 2.53. The molecule has 1 atom stereocenters. The molecule has 30 heavy (non-hydrogen) atoms. The highest BCUT2D eigenvalue weighted by Gasteiger charge is 2.37. The Hall–Kier alpha value is -2.68. The molecule has 0 saturated carbocycles. The number of hydrogen-bond acceptors (Lipinski definition) is 5. The molecule has 0 bridgehead atoms. The minimum atomic E-state index is -2.95. The minimum absolute atomic E-state index is 0.0632. The second-order valence-corrected chi connectivity index (χ2v) is 7.34. The average Bonchev–Trinajstić information content (AvgIpc) is 2.63. The van der Waals surface area contributed by atoms with E-state index in [0.29, 0.717) is 22.4 Å². The Kier molecular flexibility index (Phi) is 7.77. The summed E-state index contributed by atoms with van der Waals surface area (Å²) in [5.74, 6) is -0.506. The number of rotatable bonds is 8. The highest BCUT2D eigenvalue weighted by atomic mass is 19.3. The number of benzene rings is 1. The molecule has 2 amide bonds. The van der Waals surface area contributed by atoms with Crippen molar-refractivity contribution in [2.24, 2.45) is 0 Å². The number of hydrogen-bond donors (Lipinski definition) is 1. The zero-order valence-electron chi connectivity index (χ0n) is 18.0. The first-order valence-electron chi connectivity index (χ1n) is 9.61. The summed E-state index contributed by atoms with van der Waals surface area (Å²) in [6.45, 7) is 5.97. The maximum absolute atomic E-state index is 12.9. The molecule has 166 valence electrons. The monoisotopic (exact) mass is 426 g/mol. The van der Waals surface area contributed by atoms with Gasteiger partial charge in [-0.1, -0.05) is 0 Å². The summed E-state index contributed by atoms with van der Waals surface area (Å²) in [4.78, 5) is 27.1. The molecule has 0 unspecified atom stereocenters. The van der Waals surface area contributed by atoms with Gasteiger partial charge in [0.2, 0.25) is 0 Å². The van der Waals surface area contributed by atoms with Crippen molar-refractivity contribution >= 4 is 12.0 Å². The van der Waals surface area contributed by atoms with E-state index in [4.69, 9.17) is 9.47 Å². The molecule has 7 nitrogen and oxygen atoms in total. The van der Waals surface area contributed by atoms with Gasteiger partial charge < -0.3 is 19.5 Å². The van der Waals surface area contributed by atoms with Crippen molar-refractivity contribution in [1.82, 2.24) is 10.2 Å². The van der Waals surface area contributed by atoms with Gasteiger partial charge in [-0.3, -0.25) is 4.90 Å². The molecular weight excluding hydrogens is 398 g/mol. The molecule has 1 aliphatic rings. The lowest BCUT2D eigenvalue weighted by molar-refractivity contribution is -0.141. The van der Waals surface area contributed by atoms with E-state index in [9.17, 15) is 18.4 Å². The van der Waals surface area contributed by atoms with Crippen molar-refractivity contribution in [3.05, 3.63) is 40.1 Å². The highest BCUT2D eigenvalue weighted by Crippen LogP contribution is 2.36. The van der Waals surface area contributed by atoms with E-state index in [1.807, 2.05) is 13.8 Å². The fourth-order valence-electron chi connectivity index (χ4n) is 3.61. The van der Waals surface area contributed by atoms with Crippen LogP contribution in [0, 0.1) is 13.8 Å². The number of ether oxygens (including phenoxy) is 3. The summed E-state index contributed by atoms with van der Waals surface area (Å²) in [6, 6.07) is 1.91. The number of urea groups is 1. The number of alkyl halides is 2. The third kappa shape index (κ3) is 5.08. The first-order valence-corrected chi connectivity index (χ1v) is 9.61. The number of carbonyl (C=O) groups is 2. The molecule has 0 aromatic heterocycles. The summed E-state index contributed by atoms with van der Waals surface area (Å²) < 4.78 is 40.3. The summed E-state index contributed by atoms with van der Waals surface area (Å²) in [7, 11) is 1.50. The van der Waals surface area contributed by atoms with Crippen molar-refractivity contribution in [1.29, 1.82) is 0 Å². The summed E-state index contributed by atoms with van der Waals surface area (Å²) >= 11 is 0. The molecular formula is C21H28F2N2O5. The number of esters is 1. The van der Waals surface area contributed by atoms with Gasteiger partial charge in [0.1, 0.15) is 12.4 Å². The third-order valence-corrected chi connectivity index (χ3v) is 4.81. The van der Waals surface area contributed by atoms with Crippen LogP contribution in [0.1, 0.15) is 43.5 Å². The topological polar surface area (TPSA) is 77.1 Å². The molecule has 0 aliphatic carbocycles. The van der Waals surface area contributed by atoms with Crippen LogP contribution in [-0.4, -0.2) is 49.9 Å². The van der Waals surface area contributed by atoms with Crippen LogP contribution in [0.5, 0.6) is 5.75 Å². The first kappa shape index (κ1) is 23.6. The van der Waals surface area contributed by atoms with Crippen LogP contribution < -0.4 is 10.1 Å². The maximum Gasteiger partial charge on any atom is 0.387 e. The Morgan fingerprint density at radius 1 is 1.17 bits per heavy atom. The van der Waals surface area contributed by atoms with Gasteiger partial charge in [0.25, 0.3) is 0 Å². The Labute approximate surface area is 175 Å². The molecule has 1 aromatic carbocycles. The molecule has 0 spiro atoms. The van der Waals surface area contributed by atoms with E-state index in [0.717, 1.165) is 0 Å². The van der Waals surface area contributed by atoms with Gasteiger partial charge in [0.15, 0.2) is 0 Å². The predicted octanol–water partition coefficient (Wildman–Crippen LogP) is 3.84. The normalized spacial score (nSPS) is 16.9. The molecule has 2 rings (SSSR count). The van der Waals surface area contributed by atoms with Crippen LogP contribution in [0.4, 0.5) is 13.6 Å². The fraction of sp³-hybridized carbons (Fsp3) is 0.524. The zero-order chi connectivity index (χ0) is 22.6. The van der Waals surface area contributed by atoms with E-state index in [2.05, 4.69) is 10.1 Å². The number of allylic oxidation sites excluding steroid dienone is 1. The quantitative estimate of drug-likeness (QED) is 0.505. The number of carbonyl (C=O) groups excluding carboxylic acids is 2. The van der Waals surface area contributed by atoms with Gasteiger partial charge in [-0.15, -0.1) is 0 Å². The number of nitrogens with one attached hydrogen (secondary N) is 1. The van der Waals surface area contributed by atoms with Crippen molar-refractivity contribution < 1.29 is 32.6 Å². The van der Waals surface area contributed by atoms with Gasteiger partial charge in [-0.25, -0.2) is 9.59 Å². The lowest BCUT2D eigenvalue weighted by Crippen LogP contribution is -2.50. The second kappa shape index (κ2) is 9.88. The van der Waals surface area contributed by atoms with Crippen molar-refractivity contribution in [2.75, 3.05) is 20.3 Å². The molecule has 1 heterocycles. The van der Waals surface area contributed by atoms with Crippen molar-refractivity contribution in [2.45, 2.75) is 53.3 Å². The maximum atomic E-state index is 12.9. The summed E-state index contributed by atoms with van der Waals surface area (Å²) in [6.07, 6.45) is 0. The molecule has 1 aliphatic heterocycles. The SMILES string of the molecule is COCCOC(=O)C1=C(C)N(C(C)C)C(=O)N[C@@H]1c1cc(C)c(OC(F)F)c(C)c1. The van der Waals surface area contributed by atoms with Gasteiger partial charge >= 0.3 is 18.6 Å². The molecule has 0 saturated heterocycles. The smallest absolute Gasteiger partial charge is 0.387 e. The molecule has 0 radical (unpaired) electrons. The molecule has 1 aromatic rings. The van der Waals surface area contributed by atoms with Gasteiger partial charge in [-0.05, 0) is 63.4 Å². The Bertz CT molecular complexity index is 816. The van der Waals surface area contributed by atoms with Crippen LogP contribution >= 0.6 is 0 Å². The van der Waals surface area contributed by atoms with Crippen molar-refractivity contribution in [3.8, 4) is 5.75 Å². The molecule has 1 N–H and O–H groups in total. The fourth-order valence-corrected chi connectivity index (χ4v) is 3.61. The van der Waals surface area contributed by atoms with E-state index in [-0.39, 0.29) is 36.6 Å². The van der Waals surface area contributed by atoms with Crippen LogP contribution in [0.25, 0.3) is 0 Å². The number of nitrogens with zero attached hydrogens (tertiary/aromatic N) is 1. The van der Waals surface area contributed by atoms with Gasteiger partial charge in [0, 0.05) is 18.8 Å². The van der Waals surface area contributed by atoms with E-state index in [1.54, 1.807) is 32.9 Å². The molecule has 0 fully saturated rings. The van der Waals surface area contributed by atoms with Crippen LogP contribution in [0.3, 0.4) is 0 Å². The van der Waals surface area contributed by atoms with Gasteiger partial charge in [-0.2, -0.15) is 8.78 Å². The van der Waals surface area contributed by atoms with Gasteiger partial charge in [0.05, 0.1) is 18.2 Å². The largest absolute Gasteiger partial charge is 0.460 e. The Morgan fingerprint density at radius 3 is 2.27 bits per heavy atom. The van der Waals surface area contributed by atoms with E-state index in [1.165, 1.54) is 12.0 Å². The number of aryl methyl sites for hydroxylation is 2. The Morgan fingerprint density at radius 2 is 1.77 bits per heavy atom. The second-order valence-electron chi connectivity index (χ2n) is 7.34. The first-order chi connectivity index (χ1) is 14.1. The molecule has 9 heteroatoms. The van der Waals surface area contributed by atoms with E-state index >= 15 is 0 Å². The number of amides is 2. The lowest BCUT2D eigenvalue weighted by Gasteiger charge is -2.37. The summed E-state index contributed by atoms with van der Waals surface area (Å²) in [5, 5.41) is 2.84. The number of halogens is 2. The van der Waals surface area contributed by atoms with Crippen LogP contribution in [-0.2, 0) is 14.3 Å². The zero-order valence-corrected chi connectivity index (χ0v) is 18.0. The predicted molar refractivity (Wildman–Crippen MR) is 106 cm³/mol.